The van der Waals surface area contributed by atoms with Gasteiger partial charge in [0.15, 0.2) is 0 Å². The number of benzene rings is 2. The predicted octanol–water partition coefficient (Wildman–Crippen LogP) is 3.35. The average molecular weight is 369 g/mol. The van der Waals surface area contributed by atoms with E-state index in [9.17, 15) is 24.5 Å². The Morgan fingerprint density at radius 2 is 1.78 bits per heavy atom. The third-order valence-corrected chi connectivity index (χ3v) is 3.90. The van der Waals surface area contributed by atoms with Gasteiger partial charge in [0.05, 0.1) is 28.3 Å². The van der Waals surface area contributed by atoms with Gasteiger partial charge in [0.2, 0.25) is 0 Å². The molecule has 0 unspecified atom stereocenters. The molecule has 0 bridgehead atoms. The van der Waals surface area contributed by atoms with Gasteiger partial charge in [0.25, 0.3) is 17.5 Å². The van der Waals surface area contributed by atoms with Crippen molar-refractivity contribution >= 4 is 35.0 Å². The minimum absolute atomic E-state index is 0.0420. The highest BCUT2D eigenvalue weighted by atomic mass is 16.6. The van der Waals surface area contributed by atoms with Crippen LogP contribution in [0.4, 0.5) is 21.9 Å². The maximum absolute atomic E-state index is 12.5. The van der Waals surface area contributed by atoms with Crippen LogP contribution in [-0.2, 0) is 4.74 Å². The quantitative estimate of drug-likeness (QED) is 0.490. The van der Waals surface area contributed by atoms with Crippen LogP contribution in [0.25, 0.3) is 0 Å². The van der Waals surface area contributed by atoms with Crippen molar-refractivity contribution in [2.24, 2.45) is 0 Å². The minimum Gasteiger partial charge on any atom is -0.449 e. The number of nitrogens with zero attached hydrogens (tertiary/aromatic N) is 2. The van der Waals surface area contributed by atoms with Crippen molar-refractivity contribution in [3.8, 4) is 0 Å². The summed E-state index contributed by atoms with van der Waals surface area (Å²) in [4.78, 5) is 48.2. The molecule has 0 saturated heterocycles. The van der Waals surface area contributed by atoms with Gasteiger partial charge in [0, 0.05) is 6.07 Å². The fourth-order valence-corrected chi connectivity index (χ4v) is 2.68. The van der Waals surface area contributed by atoms with E-state index in [0.717, 1.165) is 11.0 Å². The van der Waals surface area contributed by atoms with Gasteiger partial charge in [-0.25, -0.2) is 9.69 Å². The molecule has 3 amide bonds. The maximum Gasteiger partial charge on any atom is 0.411 e. The Bertz CT molecular complexity index is 921. The number of rotatable bonds is 5. The molecule has 0 spiro atoms. The standard InChI is InChI=1S/C18H15N3O6/c1-2-9-27-18(24)19-14-8-7-11(10-15(14)21(25)26)20-16(22)12-5-3-4-6-13(12)17(20)23/h3-8,10H,2,9H2,1H3,(H,19,24). The van der Waals surface area contributed by atoms with Crippen LogP contribution in [0.3, 0.4) is 0 Å². The second kappa shape index (κ2) is 7.24. The summed E-state index contributed by atoms with van der Waals surface area (Å²) in [6.07, 6.45) is -0.220. The largest absolute Gasteiger partial charge is 0.449 e. The third kappa shape index (κ3) is 3.34. The molecule has 0 saturated carbocycles. The van der Waals surface area contributed by atoms with Gasteiger partial charge in [0.1, 0.15) is 5.69 Å². The Morgan fingerprint density at radius 1 is 1.15 bits per heavy atom. The monoisotopic (exact) mass is 369 g/mol. The van der Waals surface area contributed by atoms with E-state index in [2.05, 4.69) is 5.32 Å². The van der Waals surface area contributed by atoms with Crippen LogP contribution >= 0.6 is 0 Å². The van der Waals surface area contributed by atoms with Crippen molar-refractivity contribution in [3.63, 3.8) is 0 Å². The van der Waals surface area contributed by atoms with Gasteiger partial charge < -0.3 is 4.74 Å². The van der Waals surface area contributed by atoms with Gasteiger partial charge >= 0.3 is 6.09 Å². The number of nitro benzene ring substituents is 1. The molecule has 2 aromatic carbocycles. The van der Waals surface area contributed by atoms with E-state index in [1.165, 1.54) is 24.3 Å². The van der Waals surface area contributed by atoms with Crippen LogP contribution in [0.5, 0.6) is 0 Å². The number of fused-ring (bicyclic) bond motifs is 1. The first-order valence-electron chi connectivity index (χ1n) is 8.14. The molecular formula is C18H15N3O6. The number of imide groups is 1. The summed E-state index contributed by atoms with van der Waals surface area (Å²) in [7, 11) is 0. The normalized spacial score (nSPS) is 12.7. The Balaban J connectivity index is 1.93. The topological polar surface area (TPSA) is 119 Å². The SMILES string of the molecule is CCCOC(=O)Nc1ccc(N2C(=O)c3ccccc3C2=O)cc1[N+](=O)[O-]. The first-order valence-corrected chi connectivity index (χ1v) is 8.14. The fraction of sp³-hybridized carbons (Fsp3) is 0.167. The number of hydrogen-bond donors (Lipinski definition) is 1. The van der Waals surface area contributed by atoms with Crippen LogP contribution in [0, 0.1) is 10.1 Å². The van der Waals surface area contributed by atoms with E-state index in [0.29, 0.717) is 6.42 Å². The van der Waals surface area contributed by atoms with Gasteiger partial charge in [-0.2, -0.15) is 0 Å². The average Bonchev–Trinajstić information content (AvgIpc) is 2.91. The Labute approximate surface area is 153 Å². The number of hydrogen-bond acceptors (Lipinski definition) is 6. The van der Waals surface area contributed by atoms with Gasteiger partial charge in [-0.15, -0.1) is 0 Å². The maximum atomic E-state index is 12.5. The minimum atomic E-state index is -0.826. The lowest BCUT2D eigenvalue weighted by Gasteiger charge is -2.15. The van der Waals surface area contributed by atoms with Crippen LogP contribution in [-0.4, -0.2) is 29.4 Å². The lowest BCUT2D eigenvalue weighted by molar-refractivity contribution is -0.383. The predicted molar refractivity (Wildman–Crippen MR) is 95.9 cm³/mol. The van der Waals surface area contributed by atoms with Crippen LogP contribution in [0.1, 0.15) is 34.1 Å². The summed E-state index contributed by atoms with van der Waals surface area (Å²) in [5.41, 5.74) is -0.0506. The number of ether oxygens (including phenoxy) is 1. The smallest absolute Gasteiger partial charge is 0.411 e. The van der Waals surface area contributed by atoms with E-state index >= 15 is 0 Å². The van der Waals surface area contributed by atoms with Gasteiger partial charge in [-0.1, -0.05) is 19.1 Å². The zero-order chi connectivity index (χ0) is 19.6. The summed E-state index contributed by atoms with van der Waals surface area (Å²) >= 11 is 0. The molecule has 27 heavy (non-hydrogen) atoms. The third-order valence-electron chi connectivity index (χ3n) is 3.90. The van der Waals surface area contributed by atoms with Crippen molar-refractivity contribution in [1.29, 1.82) is 0 Å². The number of carbonyl (C=O) groups excluding carboxylic acids is 3. The highest BCUT2D eigenvalue weighted by Crippen LogP contribution is 2.34. The van der Waals surface area contributed by atoms with Gasteiger partial charge in [-0.05, 0) is 30.7 Å². The van der Waals surface area contributed by atoms with E-state index in [1.54, 1.807) is 12.1 Å². The molecule has 138 valence electrons. The Morgan fingerprint density at radius 3 is 2.33 bits per heavy atom. The Hall–Kier alpha value is -3.75. The van der Waals surface area contributed by atoms with Crippen LogP contribution in [0.2, 0.25) is 0 Å². The lowest BCUT2D eigenvalue weighted by Crippen LogP contribution is -2.29. The second-order valence-corrected chi connectivity index (χ2v) is 5.71. The molecule has 1 aliphatic rings. The number of anilines is 2. The van der Waals surface area contributed by atoms with Crippen LogP contribution in [0.15, 0.2) is 42.5 Å². The second-order valence-electron chi connectivity index (χ2n) is 5.71. The van der Waals surface area contributed by atoms with E-state index in [1.807, 2.05) is 6.92 Å². The molecule has 1 N–H and O–H groups in total. The number of nitro groups is 1. The molecule has 0 aliphatic carbocycles. The van der Waals surface area contributed by atoms with Crippen molar-refractivity contribution < 1.29 is 24.0 Å². The molecule has 9 nitrogen and oxygen atoms in total. The molecule has 0 aromatic heterocycles. The molecule has 0 radical (unpaired) electrons. The van der Waals surface area contributed by atoms with Crippen molar-refractivity contribution in [2.45, 2.75) is 13.3 Å². The number of amides is 3. The highest BCUT2D eigenvalue weighted by Gasteiger charge is 2.37. The van der Waals surface area contributed by atoms with Crippen LogP contribution < -0.4 is 10.2 Å². The molecule has 2 aromatic rings. The summed E-state index contributed by atoms with van der Waals surface area (Å²) in [5, 5.41) is 13.7. The van der Waals surface area contributed by atoms with E-state index < -0.39 is 28.5 Å². The Kier molecular flexibility index (Phi) is 4.84. The fourth-order valence-electron chi connectivity index (χ4n) is 2.68. The summed E-state index contributed by atoms with van der Waals surface area (Å²) in [6, 6.07) is 9.97. The first-order chi connectivity index (χ1) is 12.9. The lowest BCUT2D eigenvalue weighted by atomic mass is 10.1. The van der Waals surface area contributed by atoms with Crippen molar-refractivity contribution in [1.82, 2.24) is 0 Å². The molecule has 3 rings (SSSR count). The van der Waals surface area contributed by atoms with E-state index in [4.69, 9.17) is 4.74 Å². The van der Waals surface area contributed by atoms with Crippen molar-refractivity contribution in [2.75, 3.05) is 16.8 Å². The molecule has 9 heteroatoms. The molecule has 1 aliphatic heterocycles. The molecule has 0 fully saturated rings. The summed E-state index contributed by atoms with van der Waals surface area (Å²) < 4.78 is 4.85. The zero-order valence-electron chi connectivity index (χ0n) is 14.3. The molecule has 1 heterocycles. The number of carbonyl (C=O) groups is 3. The van der Waals surface area contributed by atoms with Gasteiger partial charge in [-0.3, -0.25) is 25.0 Å². The van der Waals surface area contributed by atoms with E-state index in [-0.39, 0.29) is 29.1 Å². The molecule has 0 atom stereocenters. The zero-order valence-corrected chi connectivity index (χ0v) is 14.3. The summed E-state index contributed by atoms with van der Waals surface area (Å²) in [5.74, 6) is -1.12. The van der Waals surface area contributed by atoms with Crippen molar-refractivity contribution in [3.05, 3.63) is 63.7 Å². The molecular weight excluding hydrogens is 354 g/mol. The number of nitrogens with one attached hydrogen (secondary N) is 1. The highest BCUT2D eigenvalue weighted by molar-refractivity contribution is 6.34. The first kappa shape index (κ1) is 18.1. The summed E-state index contributed by atoms with van der Waals surface area (Å²) in [6.45, 7) is 1.99.